The number of esters is 1. The molecule has 0 bridgehead atoms. The molecule has 0 N–H and O–H groups in total. The summed E-state index contributed by atoms with van der Waals surface area (Å²) in [5.74, 6) is -0.602. The summed E-state index contributed by atoms with van der Waals surface area (Å²) in [6, 6.07) is 0. The number of carbonyl (C=O) groups excluding carboxylic acids is 1. The topological polar surface area (TPSA) is 50.1 Å². The maximum atomic E-state index is 10.7. The van der Waals surface area contributed by atoms with Crippen LogP contribution in [0.1, 0.15) is 13.3 Å². The van der Waals surface area contributed by atoms with Crippen LogP contribution >= 0.6 is 0 Å². The van der Waals surface area contributed by atoms with Crippen molar-refractivity contribution in [2.45, 2.75) is 13.3 Å². The average molecular weight is 151 g/mol. The largest absolute Gasteiger partial charge is 0.348 e. The highest BCUT2D eigenvalue weighted by atomic mass is 16.5. The Morgan fingerprint density at radius 2 is 2.45 bits per heavy atom. The Balaban J connectivity index is 4.02. The molecule has 0 aliphatic heterocycles. The predicted octanol–water partition coefficient (Wildman–Crippen LogP) is 1.53. The molecule has 0 unspecified atom stereocenters. The van der Waals surface area contributed by atoms with Gasteiger partial charge in [0.25, 0.3) is 6.26 Å². The third-order valence-electron chi connectivity index (χ3n) is 1.05. The second kappa shape index (κ2) is 5.24. The lowest BCUT2D eigenvalue weighted by molar-refractivity contribution is -0.132. The molecule has 58 valence electrons. The van der Waals surface area contributed by atoms with Gasteiger partial charge in [-0.1, -0.05) is 12.2 Å². The summed E-state index contributed by atoms with van der Waals surface area (Å²) < 4.78 is 4.06. The van der Waals surface area contributed by atoms with E-state index in [1.54, 1.807) is 19.1 Å². The first-order valence-corrected chi connectivity index (χ1v) is 3.10. The van der Waals surface area contributed by atoms with Gasteiger partial charge in [-0.05, 0) is 13.3 Å². The quantitative estimate of drug-likeness (QED) is 0.266. The lowest BCUT2D eigenvalue weighted by atomic mass is 10.2. The van der Waals surface area contributed by atoms with Crippen LogP contribution in [0.5, 0.6) is 0 Å². The molecule has 0 saturated heterocycles. The zero-order valence-corrected chi connectivity index (χ0v) is 6.33. The molecule has 0 aromatic heterocycles. The third kappa shape index (κ3) is 3.93. The van der Waals surface area contributed by atoms with Crippen LogP contribution < -0.4 is 0 Å². The van der Waals surface area contributed by atoms with E-state index in [0.29, 0.717) is 12.0 Å². The molecule has 0 atom stereocenters. The predicted molar refractivity (Wildman–Crippen MR) is 40.3 cm³/mol. The van der Waals surface area contributed by atoms with E-state index in [9.17, 15) is 4.79 Å². The Bertz CT molecular complexity index is 223. The van der Waals surface area contributed by atoms with Gasteiger partial charge in [-0.25, -0.2) is 4.79 Å². The van der Waals surface area contributed by atoms with Crippen molar-refractivity contribution in [2.24, 2.45) is 0 Å². The summed E-state index contributed by atoms with van der Waals surface area (Å²) in [5.41, 5.74) is 0.423. The number of ether oxygens (including phenoxy) is 1. The highest BCUT2D eigenvalue weighted by molar-refractivity contribution is 5.88. The molecule has 0 aliphatic carbocycles. The summed E-state index contributed by atoms with van der Waals surface area (Å²) in [7, 11) is 0. The van der Waals surface area contributed by atoms with Crippen LogP contribution in [0.4, 0.5) is 0 Å². The van der Waals surface area contributed by atoms with Crippen molar-refractivity contribution >= 4 is 5.97 Å². The first-order valence-electron chi connectivity index (χ1n) is 3.10. The Morgan fingerprint density at radius 3 is 2.91 bits per heavy atom. The van der Waals surface area contributed by atoms with Crippen LogP contribution in [-0.2, 0) is 9.53 Å². The number of nitriles is 1. The molecule has 0 heterocycles. The van der Waals surface area contributed by atoms with Gasteiger partial charge in [0.15, 0.2) is 0 Å². The van der Waals surface area contributed by atoms with Gasteiger partial charge in [0.2, 0.25) is 0 Å². The summed E-state index contributed by atoms with van der Waals surface area (Å²) in [4.78, 5) is 10.7. The standard InChI is InChI=1S/C8H9NO2/c1-3-4-5-7(2)8(10)11-6-9/h3,5H,1,4H2,2H3. The van der Waals surface area contributed by atoms with Gasteiger partial charge in [0.05, 0.1) is 0 Å². The number of hydrogen-bond acceptors (Lipinski definition) is 3. The molecule has 0 aromatic carbocycles. The van der Waals surface area contributed by atoms with Crippen molar-refractivity contribution in [3.05, 3.63) is 24.3 Å². The van der Waals surface area contributed by atoms with Crippen molar-refractivity contribution in [1.82, 2.24) is 0 Å². The fourth-order valence-corrected chi connectivity index (χ4v) is 0.465. The highest BCUT2D eigenvalue weighted by Gasteiger charge is 2.02. The molecular weight excluding hydrogens is 142 g/mol. The van der Waals surface area contributed by atoms with Gasteiger partial charge in [0, 0.05) is 5.57 Å². The maximum absolute atomic E-state index is 10.7. The molecule has 11 heavy (non-hydrogen) atoms. The molecule has 0 aliphatic rings. The third-order valence-corrected chi connectivity index (χ3v) is 1.05. The molecule has 3 heteroatoms. The van der Waals surface area contributed by atoms with Gasteiger partial charge in [-0.15, -0.1) is 11.8 Å². The van der Waals surface area contributed by atoms with Crippen molar-refractivity contribution < 1.29 is 9.53 Å². The molecule has 0 radical (unpaired) electrons. The van der Waals surface area contributed by atoms with Crippen molar-refractivity contribution in [1.29, 1.82) is 5.26 Å². The monoisotopic (exact) mass is 151 g/mol. The fourth-order valence-electron chi connectivity index (χ4n) is 0.465. The molecule has 3 nitrogen and oxygen atoms in total. The highest BCUT2D eigenvalue weighted by Crippen LogP contribution is 1.97. The second-order valence-corrected chi connectivity index (χ2v) is 1.89. The average Bonchev–Trinajstić information content (AvgIpc) is 2.00. The zero-order valence-electron chi connectivity index (χ0n) is 6.33. The van der Waals surface area contributed by atoms with E-state index < -0.39 is 5.97 Å². The van der Waals surface area contributed by atoms with Crippen LogP contribution in [0.2, 0.25) is 0 Å². The number of carbonyl (C=O) groups is 1. The lowest BCUT2D eigenvalue weighted by Gasteiger charge is -1.92. The first kappa shape index (κ1) is 9.44. The minimum absolute atomic E-state index is 0.423. The van der Waals surface area contributed by atoms with Crippen LogP contribution in [0.3, 0.4) is 0 Å². The van der Waals surface area contributed by atoms with Crippen LogP contribution in [-0.4, -0.2) is 5.97 Å². The SMILES string of the molecule is C=CCC=C(C)C(=O)OC#N. The van der Waals surface area contributed by atoms with E-state index in [1.807, 2.05) is 0 Å². The summed E-state index contributed by atoms with van der Waals surface area (Å²) in [6.45, 7) is 5.06. The van der Waals surface area contributed by atoms with Gasteiger partial charge in [0.1, 0.15) is 0 Å². The van der Waals surface area contributed by atoms with E-state index in [2.05, 4.69) is 11.3 Å². The maximum Gasteiger partial charge on any atom is 0.348 e. The van der Waals surface area contributed by atoms with Gasteiger partial charge < -0.3 is 4.74 Å². The smallest absolute Gasteiger partial charge is 0.347 e. The van der Waals surface area contributed by atoms with Gasteiger partial charge >= 0.3 is 5.97 Å². The Kier molecular flexibility index (Phi) is 4.50. The molecule has 0 aromatic rings. The van der Waals surface area contributed by atoms with Crippen LogP contribution in [0, 0.1) is 11.5 Å². The molecule has 0 amide bonds. The fraction of sp³-hybridized carbons (Fsp3) is 0.250. The molecular formula is C8H9NO2. The van der Waals surface area contributed by atoms with Crippen molar-refractivity contribution in [2.75, 3.05) is 0 Å². The second-order valence-electron chi connectivity index (χ2n) is 1.89. The van der Waals surface area contributed by atoms with Gasteiger partial charge in [-0.2, -0.15) is 0 Å². The van der Waals surface area contributed by atoms with E-state index >= 15 is 0 Å². The minimum atomic E-state index is -0.602. The zero-order chi connectivity index (χ0) is 8.69. The van der Waals surface area contributed by atoms with Crippen molar-refractivity contribution in [3.63, 3.8) is 0 Å². The summed E-state index contributed by atoms with van der Waals surface area (Å²) in [6.07, 6.45) is 5.21. The molecule has 0 rings (SSSR count). The number of hydrogen-bond donors (Lipinski definition) is 0. The van der Waals surface area contributed by atoms with Gasteiger partial charge in [-0.3, -0.25) is 0 Å². The number of rotatable bonds is 3. The van der Waals surface area contributed by atoms with E-state index in [-0.39, 0.29) is 0 Å². The van der Waals surface area contributed by atoms with E-state index in [1.165, 1.54) is 6.26 Å². The summed E-state index contributed by atoms with van der Waals surface area (Å²) in [5, 5.41) is 7.97. The normalized spacial score (nSPS) is 10.0. The first-order chi connectivity index (χ1) is 5.22. The Hall–Kier alpha value is -1.56. The van der Waals surface area contributed by atoms with Crippen LogP contribution in [0.15, 0.2) is 24.3 Å². The molecule has 0 fully saturated rings. The Morgan fingerprint density at radius 1 is 1.82 bits per heavy atom. The lowest BCUT2D eigenvalue weighted by Crippen LogP contribution is -2.00. The molecule has 0 saturated carbocycles. The number of nitrogens with zero attached hydrogens (tertiary/aromatic N) is 1. The van der Waals surface area contributed by atoms with E-state index in [0.717, 1.165) is 0 Å². The number of allylic oxidation sites excluding steroid dienone is 2. The Labute approximate surface area is 65.6 Å². The van der Waals surface area contributed by atoms with Crippen LogP contribution in [0.25, 0.3) is 0 Å². The minimum Gasteiger partial charge on any atom is -0.347 e. The summed E-state index contributed by atoms with van der Waals surface area (Å²) >= 11 is 0. The van der Waals surface area contributed by atoms with E-state index in [4.69, 9.17) is 5.26 Å². The molecule has 0 spiro atoms. The van der Waals surface area contributed by atoms with Crippen molar-refractivity contribution in [3.8, 4) is 6.26 Å².